The molecule has 2 fully saturated rings. The fourth-order valence-electron chi connectivity index (χ4n) is 3.39. The van der Waals surface area contributed by atoms with Gasteiger partial charge in [-0.15, -0.1) is 0 Å². The van der Waals surface area contributed by atoms with Crippen LogP contribution in [0.4, 0.5) is 0 Å². The third-order valence-electron chi connectivity index (χ3n) is 4.48. The van der Waals surface area contributed by atoms with Crippen LogP contribution in [0.2, 0.25) is 0 Å². The minimum absolute atomic E-state index is 0.397. The Morgan fingerprint density at radius 3 is 2.59 bits per heavy atom. The summed E-state index contributed by atoms with van der Waals surface area (Å²) in [5.74, 6) is 0. The second-order valence-electron chi connectivity index (χ2n) is 5.85. The molecular weight excluding hydrogens is 212 g/mol. The van der Waals surface area contributed by atoms with Crippen LogP contribution >= 0.6 is 0 Å². The molecular formula is C14H28N2O. The predicted octanol–water partition coefficient (Wildman–Crippen LogP) is 1.76. The highest BCUT2D eigenvalue weighted by Gasteiger charge is 2.33. The molecule has 1 aliphatic heterocycles. The molecule has 1 unspecified atom stereocenters. The second kappa shape index (κ2) is 6.17. The van der Waals surface area contributed by atoms with Crippen molar-refractivity contribution in [3.63, 3.8) is 0 Å². The Kier molecular flexibility index (Phi) is 4.83. The first-order valence-corrected chi connectivity index (χ1v) is 7.41. The van der Waals surface area contributed by atoms with E-state index in [0.29, 0.717) is 6.04 Å². The van der Waals surface area contributed by atoms with Gasteiger partial charge in [0.2, 0.25) is 0 Å². The molecule has 2 N–H and O–H groups in total. The van der Waals surface area contributed by atoms with Gasteiger partial charge in [-0.3, -0.25) is 4.90 Å². The summed E-state index contributed by atoms with van der Waals surface area (Å²) in [5.41, 5.74) is -0.397. The van der Waals surface area contributed by atoms with Crippen LogP contribution in [0.25, 0.3) is 0 Å². The first-order chi connectivity index (χ1) is 8.23. The molecule has 2 aliphatic rings. The van der Waals surface area contributed by atoms with Crippen LogP contribution < -0.4 is 5.32 Å². The first kappa shape index (κ1) is 13.3. The van der Waals surface area contributed by atoms with Gasteiger partial charge >= 0.3 is 0 Å². The molecule has 17 heavy (non-hydrogen) atoms. The van der Waals surface area contributed by atoms with Crippen molar-refractivity contribution in [3.05, 3.63) is 0 Å². The van der Waals surface area contributed by atoms with Crippen LogP contribution in [0.5, 0.6) is 0 Å². The number of hydrogen-bond acceptors (Lipinski definition) is 3. The van der Waals surface area contributed by atoms with Crippen molar-refractivity contribution in [2.45, 2.75) is 63.5 Å². The Labute approximate surface area is 106 Å². The summed E-state index contributed by atoms with van der Waals surface area (Å²) in [5, 5.41) is 14.1. The van der Waals surface area contributed by atoms with Gasteiger partial charge in [0, 0.05) is 19.1 Å². The number of aliphatic hydroxyl groups is 1. The van der Waals surface area contributed by atoms with Crippen molar-refractivity contribution in [2.75, 3.05) is 26.2 Å². The molecule has 1 atom stereocenters. The van der Waals surface area contributed by atoms with E-state index in [2.05, 4.69) is 17.1 Å². The largest absolute Gasteiger partial charge is 0.389 e. The number of rotatable bonds is 4. The summed E-state index contributed by atoms with van der Waals surface area (Å²) in [6.45, 7) is 6.44. The van der Waals surface area contributed by atoms with Crippen LogP contribution in [-0.2, 0) is 0 Å². The molecule has 1 heterocycles. The van der Waals surface area contributed by atoms with Crippen LogP contribution in [0.1, 0.15) is 51.9 Å². The highest BCUT2D eigenvalue weighted by molar-refractivity contribution is 4.88. The van der Waals surface area contributed by atoms with E-state index < -0.39 is 5.60 Å². The first-order valence-electron chi connectivity index (χ1n) is 7.41. The molecule has 1 saturated carbocycles. The average molecular weight is 240 g/mol. The Balaban J connectivity index is 1.88. The maximum atomic E-state index is 10.6. The highest BCUT2D eigenvalue weighted by Crippen LogP contribution is 2.29. The summed E-state index contributed by atoms with van der Waals surface area (Å²) in [4.78, 5) is 2.50. The standard InChI is InChI=1S/C14H28N2O/c1-2-16(13-7-6-10-15-11-13)12-14(17)8-4-3-5-9-14/h13,15,17H,2-12H2,1H3. The Bertz CT molecular complexity index is 220. The fourth-order valence-corrected chi connectivity index (χ4v) is 3.39. The van der Waals surface area contributed by atoms with E-state index >= 15 is 0 Å². The molecule has 0 bridgehead atoms. The zero-order chi connectivity index (χ0) is 12.1. The highest BCUT2D eigenvalue weighted by atomic mass is 16.3. The van der Waals surface area contributed by atoms with Crippen LogP contribution in [0.3, 0.4) is 0 Å². The van der Waals surface area contributed by atoms with Gasteiger partial charge < -0.3 is 10.4 Å². The van der Waals surface area contributed by atoms with E-state index in [1.807, 2.05) is 0 Å². The third-order valence-corrected chi connectivity index (χ3v) is 4.48. The monoisotopic (exact) mass is 240 g/mol. The van der Waals surface area contributed by atoms with Gasteiger partial charge in [0.15, 0.2) is 0 Å². The molecule has 0 aromatic carbocycles. The number of hydrogen-bond donors (Lipinski definition) is 2. The molecule has 3 heteroatoms. The van der Waals surface area contributed by atoms with E-state index in [9.17, 15) is 5.11 Å². The van der Waals surface area contributed by atoms with Gasteiger partial charge in [-0.2, -0.15) is 0 Å². The predicted molar refractivity (Wildman–Crippen MR) is 71.2 cm³/mol. The molecule has 0 aromatic rings. The molecule has 1 saturated heterocycles. The normalized spacial score (nSPS) is 29.5. The molecule has 0 aromatic heterocycles. The number of nitrogens with zero attached hydrogens (tertiary/aromatic N) is 1. The van der Waals surface area contributed by atoms with Crippen LogP contribution in [-0.4, -0.2) is 47.8 Å². The van der Waals surface area contributed by atoms with Crippen molar-refractivity contribution in [1.29, 1.82) is 0 Å². The molecule has 3 nitrogen and oxygen atoms in total. The third kappa shape index (κ3) is 3.67. The maximum Gasteiger partial charge on any atom is 0.0774 e. The molecule has 100 valence electrons. The van der Waals surface area contributed by atoms with E-state index in [0.717, 1.165) is 32.5 Å². The lowest BCUT2D eigenvalue weighted by Crippen LogP contribution is -2.52. The number of likely N-dealkylation sites (N-methyl/N-ethyl adjacent to an activating group) is 1. The fraction of sp³-hybridized carbons (Fsp3) is 1.00. The summed E-state index contributed by atoms with van der Waals surface area (Å²) < 4.78 is 0. The summed E-state index contributed by atoms with van der Waals surface area (Å²) >= 11 is 0. The topological polar surface area (TPSA) is 35.5 Å². The second-order valence-corrected chi connectivity index (χ2v) is 5.85. The van der Waals surface area contributed by atoms with E-state index in [4.69, 9.17) is 0 Å². The van der Waals surface area contributed by atoms with E-state index in [1.165, 1.54) is 38.6 Å². The van der Waals surface area contributed by atoms with Gasteiger partial charge in [-0.25, -0.2) is 0 Å². The summed E-state index contributed by atoms with van der Waals surface area (Å²) in [7, 11) is 0. The van der Waals surface area contributed by atoms with Gasteiger partial charge in [0.05, 0.1) is 5.60 Å². The number of piperidine rings is 1. The molecule has 0 amide bonds. The molecule has 0 spiro atoms. The lowest BCUT2D eigenvalue weighted by molar-refractivity contribution is -0.0367. The molecule has 0 radical (unpaired) electrons. The summed E-state index contributed by atoms with van der Waals surface area (Å²) in [6, 6.07) is 0.639. The van der Waals surface area contributed by atoms with Crippen LogP contribution in [0.15, 0.2) is 0 Å². The quantitative estimate of drug-likeness (QED) is 0.786. The van der Waals surface area contributed by atoms with Gasteiger partial charge in [0.25, 0.3) is 0 Å². The van der Waals surface area contributed by atoms with E-state index in [1.54, 1.807) is 0 Å². The molecule has 2 rings (SSSR count). The SMILES string of the molecule is CCN(CC1(O)CCCCC1)C1CCCNC1. The van der Waals surface area contributed by atoms with Crippen molar-refractivity contribution < 1.29 is 5.11 Å². The van der Waals surface area contributed by atoms with Crippen molar-refractivity contribution in [3.8, 4) is 0 Å². The van der Waals surface area contributed by atoms with E-state index in [-0.39, 0.29) is 0 Å². The zero-order valence-corrected chi connectivity index (χ0v) is 11.2. The van der Waals surface area contributed by atoms with Crippen molar-refractivity contribution in [1.82, 2.24) is 10.2 Å². The van der Waals surface area contributed by atoms with Gasteiger partial charge in [0.1, 0.15) is 0 Å². The Morgan fingerprint density at radius 1 is 1.24 bits per heavy atom. The number of nitrogens with one attached hydrogen (secondary N) is 1. The minimum Gasteiger partial charge on any atom is -0.389 e. The Morgan fingerprint density at radius 2 is 2.00 bits per heavy atom. The lowest BCUT2D eigenvalue weighted by Gasteiger charge is -2.41. The molecule has 1 aliphatic carbocycles. The van der Waals surface area contributed by atoms with Crippen molar-refractivity contribution in [2.24, 2.45) is 0 Å². The zero-order valence-electron chi connectivity index (χ0n) is 11.2. The Hall–Kier alpha value is -0.120. The minimum atomic E-state index is -0.397. The van der Waals surface area contributed by atoms with Crippen molar-refractivity contribution >= 4 is 0 Å². The summed E-state index contributed by atoms with van der Waals surface area (Å²) in [6.07, 6.45) is 8.29. The van der Waals surface area contributed by atoms with Gasteiger partial charge in [-0.1, -0.05) is 26.2 Å². The average Bonchev–Trinajstić information content (AvgIpc) is 2.38. The van der Waals surface area contributed by atoms with Crippen LogP contribution in [0, 0.1) is 0 Å². The maximum absolute atomic E-state index is 10.6. The van der Waals surface area contributed by atoms with Gasteiger partial charge in [-0.05, 0) is 38.8 Å². The lowest BCUT2D eigenvalue weighted by atomic mass is 9.84. The smallest absolute Gasteiger partial charge is 0.0774 e.